The summed E-state index contributed by atoms with van der Waals surface area (Å²) in [6.45, 7) is 3.19. The van der Waals surface area contributed by atoms with Crippen LogP contribution in [0.2, 0.25) is 0 Å². The number of thioether (sulfide) groups is 1. The Hall–Kier alpha value is -0.730. The lowest BCUT2D eigenvalue weighted by Gasteiger charge is -2.20. The summed E-state index contributed by atoms with van der Waals surface area (Å²) < 4.78 is 0. The molecule has 116 valence electrons. The highest BCUT2D eigenvalue weighted by molar-refractivity contribution is 8.03. The van der Waals surface area contributed by atoms with Gasteiger partial charge in [0.05, 0.1) is 0 Å². The van der Waals surface area contributed by atoms with Crippen LogP contribution in [0.4, 0.5) is 0 Å². The summed E-state index contributed by atoms with van der Waals surface area (Å²) in [5.41, 5.74) is 9.19. The van der Waals surface area contributed by atoms with Gasteiger partial charge in [0.1, 0.15) is 0 Å². The first-order valence-electron chi connectivity index (χ1n) is 8.25. The fourth-order valence-corrected chi connectivity index (χ4v) is 4.27. The predicted octanol–water partition coefficient (Wildman–Crippen LogP) is 4.47. The Morgan fingerprint density at radius 2 is 2.33 bits per heavy atom. The molecule has 2 aliphatic rings. The van der Waals surface area contributed by atoms with Crippen molar-refractivity contribution >= 4 is 11.8 Å². The van der Waals surface area contributed by atoms with E-state index in [9.17, 15) is 0 Å². The van der Waals surface area contributed by atoms with Crippen molar-refractivity contribution in [2.45, 2.75) is 51.9 Å². The molecule has 0 aromatic rings. The highest BCUT2D eigenvalue weighted by Crippen LogP contribution is 2.41. The molecule has 1 atom stereocenters. The third-order valence-electron chi connectivity index (χ3n) is 4.23. The molecular formula is C18H28N2S. The van der Waals surface area contributed by atoms with E-state index in [1.54, 1.807) is 5.57 Å². The summed E-state index contributed by atoms with van der Waals surface area (Å²) in [5.74, 6) is 7.44. The normalized spacial score (nSPS) is 19.2. The molecule has 1 aliphatic carbocycles. The third-order valence-corrected chi connectivity index (χ3v) is 5.45. The molecule has 0 spiro atoms. The van der Waals surface area contributed by atoms with Crippen LogP contribution in [-0.2, 0) is 0 Å². The number of nitrogens with two attached hydrogens (primary N) is 1. The quantitative estimate of drug-likeness (QED) is 0.395. The zero-order chi connectivity index (χ0) is 14.9. The van der Waals surface area contributed by atoms with E-state index >= 15 is 0 Å². The van der Waals surface area contributed by atoms with Crippen LogP contribution in [0, 0.1) is 5.92 Å². The van der Waals surface area contributed by atoms with E-state index < -0.39 is 0 Å². The number of rotatable bonds is 8. The van der Waals surface area contributed by atoms with Crippen molar-refractivity contribution in [2.75, 3.05) is 12.3 Å². The number of unbranched alkanes of at least 4 members (excludes halogenated alkanes) is 1. The van der Waals surface area contributed by atoms with Gasteiger partial charge in [0.2, 0.25) is 0 Å². The van der Waals surface area contributed by atoms with Crippen LogP contribution in [0.1, 0.15) is 51.9 Å². The molecule has 0 aromatic carbocycles. The van der Waals surface area contributed by atoms with Crippen molar-refractivity contribution in [2.24, 2.45) is 11.8 Å². The van der Waals surface area contributed by atoms with E-state index in [1.807, 2.05) is 11.8 Å². The van der Waals surface area contributed by atoms with Crippen LogP contribution in [0.5, 0.6) is 0 Å². The van der Waals surface area contributed by atoms with Crippen LogP contribution >= 0.6 is 11.8 Å². The van der Waals surface area contributed by atoms with Crippen molar-refractivity contribution < 1.29 is 0 Å². The third kappa shape index (κ3) is 5.19. The lowest BCUT2D eigenvalue weighted by Crippen LogP contribution is -2.25. The highest BCUT2D eigenvalue weighted by Gasteiger charge is 2.20. The van der Waals surface area contributed by atoms with Gasteiger partial charge in [-0.05, 0) is 54.9 Å². The van der Waals surface area contributed by atoms with Crippen LogP contribution in [0.3, 0.4) is 0 Å². The zero-order valence-corrected chi connectivity index (χ0v) is 14.0. The second-order valence-electron chi connectivity index (χ2n) is 5.89. The van der Waals surface area contributed by atoms with Crippen molar-refractivity contribution in [3.05, 3.63) is 40.0 Å². The second-order valence-corrected chi connectivity index (χ2v) is 6.99. The van der Waals surface area contributed by atoms with E-state index in [0.29, 0.717) is 0 Å². The fourth-order valence-electron chi connectivity index (χ4n) is 3.04. The molecule has 0 saturated heterocycles. The molecule has 3 N–H and O–H groups in total. The van der Waals surface area contributed by atoms with Gasteiger partial charge in [-0.3, -0.25) is 11.3 Å². The Bertz CT molecular complexity index is 448. The molecule has 3 heteroatoms. The number of hydrogen-bond donors (Lipinski definition) is 2. The number of nitrogens with one attached hydrogen (secondary N) is 1. The number of hydrazine groups is 1. The Labute approximate surface area is 133 Å². The van der Waals surface area contributed by atoms with Crippen molar-refractivity contribution in [1.82, 2.24) is 5.43 Å². The van der Waals surface area contributed by atoms with E-state index in [4.69, 9.17) is 5.84 Å². The van der Waals surface area contributed by atoms with E-state index in [1.165, 1.54) is 54.8 Å². The highest BCUT2D eigenvalue weighted by atomic mass is 32.2. The van der Waals surface area contributed by atoms with Crippen molar-refractivity contribution in [1.29, 1.82) is 0 Å². The standard InChI is InChI=1S/C18H28N2S/c1-2-3-7-15(10-12-20-19)14-17-9-6-4-5-8-16-11-13-21-18(16)17/h4,8-9,15,20H,2-3,6-7,10-14,19H2,1H3. The first-order chi connectivity index (χ1) is 10.3. The molecule has 2 rings (SSSR count). The Kier molecular flexibility index (Phi) is 7.38. The van der Waals surface area contributed by atoms with Gasteiger partial charge >= 0.3 is 0 Å². The Morgan fingerprint density at radius 1 is 1.43 bits per heavy atom. The average Bonchev–Trinajstić information content (AvgIpc) is 2.93. The summed E-state index contributed by atoms with van der Waals surface area (Å²) in [5, 5.41) is 0. The summed E-state index contributed by atoms with van der Waals surface area (Å²) in [6.07, 6.45) is 15.3. The Morgan fingerprint density at radius 3 is 3.14 bits per heavy atom. The lowest BCUT2D eigenvalue weighted by molar-refractivity contribution is 0.421. The van der Waals surface area contributed by atoms with E-state index in [-0.39, 0.29) is 0 Å². The smallest absolute Gasteiger partial charge is 0.0140 e. The monoisotopic (exact) mass is 304 g/mol. The first-order valence-corrected chi connectivity index (χ1v) is 9.23. The molecule has 21 heavy (non-hydrogen) atoms. The van der Waals surface area contributed by atoms with Gasteiger partial charge in [-0.25, -0.2) is 0 Å². The van der Waals surface area contributed by atoms with Gasteiger partial charge < -0.3 is 0 Å². The molecule has 0 amide bonds. The fraction of sp³-hybridized carbons (Fsp3) is 0.611. The molecule has 0 aromatic heterocycles. The van der Waals surface area contributed by atoms with Gasteiger partial charge in [-0.1, -0.05) is 32.3 Å². The maximum absolute atomic E-state index is 5.47. The van der Waals surface area contributed by atoms with Crippen molar-refractivity contribution in [3.8, 4) is 0 Å². The lowest BCUT2D eigenvalue weighted by atomic mass is 9.89. The maximum atomic E-state index is 5.47. The van der Waals surface area contributed by atoms with Crippen molar-refractivity contribution in [3.63, 3.8) is 0 Å². The minimum atomic E-state index is 0.745. The van der Waals surface area contributed by atoms with Crippen LogP contribution in [0.15, 0.2) is 40.0 Å². The minimum Gasteiger partial charge on any atom is -0.271 e. The van der Waals surface area contributed by atoms with E-state index in [0.717, 1.165) is 18.9 Å². The maximum Gasteiger partial charge on any atom is 0.0140 e. The number of hydrogen-bond acceptors (Lipinski definition) is 3. The molecule has 2 nitrogen and oxygen atoms in total. The molecular weight excluding hydrogens is 276 g/mol. The van der Waals surface area contributed by atoms with E-state index in [2.05, 4.69) is 36.3 Å². The van der Waals surface area contributed by atoms with Crippen LogP contribution in [-0.4, -0.2) is 12.3 Å². The SMILES string of the molecule is CCCCC(CCNN)CC1=CCC=C=CC2=C1SCC2. The summed E-state index contributed by atoms with van der Waals surface area (Å²) in [6, 6.07) is 0. The number of allylic oxidation sites excluding steroid dienone is 4. The molecule has 1 unspecified atom stereocenters. The largest absolute Gasteiger partial charge is 0.271 e. The second kappa shape index (κ2) is 9.32. The van der Waals surface area contributed by atoms with Crippen LogP contribution < -0.4 is 11.3 Å². The van der Waals surface area contributed by atoms with Gasteiger partial charge in [-0.2, -0.15) is 0 Å². The Balaban J connectivity index is 2.06. The van der Waals surface area contributed by atoms with Gasteiger partial charge in [0.15, 0.2) is 0 Å². The van der Waals surface area contributed by atoms with Gasteiger partial charge in [-0.15, -0.1) is 17.5 Å². The summed E-state index contributed by atoms with van der Waals surface area (Å²) in [4.78, 5) is 1.54. The molecule has 0 saturated carbocycles. The molecule has 0 radical (unpaired) electrons. The summed E-state index contributed by atoms with van der Waals surface area (Å²) >= 11 is 2.03. The van der Waals surface area contributed by atoms with Gasteiger partial charge in [0, 0.05) is 17.2 Å². The molecule has 0 bridgehead atoms. The molecule has 0 fully saturated rings. The minimum absolute atomic E-state index is 0.745. The topological polar surface area (TPSA) is 38.0 Å². The van der Waals surface area contributed by atoms with Gasteiger partial charge in [0.25, 0.3) is 0 Å². The predicted molar refractivity (Wildman–Crippen MR) is 93.9 cm³/mol. The zero-order valence-electron chi connectivity index (χ0n) is 13.2. The molecule has 1 aliphatic heterocycles. The summed E-state index contributed by atoms with van der Waals surface area (Å²) in [7, 11) is 0. The average molecular weight is 305 g/mol. The first kappa shape index (κ1) is 16.6. The van der Waals surface area contributed by atoms with Crippen LogP contribution in [0.25, 0.3) is 0 Å². The molecule has 1 heterocycles.